The summed E-state index contributed by atoms with van der Waals surface area (Å²) in [4.78, 5) is 12.2. The highest BCUT2D eigenvalue weighted by atomic mass is 35.5. The van der Waals surface area contributed by atoms with E-state index < -0.39 is 0 Å². The average Bonchev–Trinajstić information content (AvgIpc) is 2.58. The molecule has 0 unspecified atom stereocenters. The topological polar surface area (TPSA) is 94.5 Å². The number of hydrogen-bond donors (Lipinski definition) is 2. The van der Waals surface area contributed by atoms with E-state index in [1.807, 2.05) is 6.92 Å². The van der Waals surface area contributed by atoms with Crippen LogP contribution in [0.2, 0.25) is 5.02 Å². The second kappa shape index (κ2) is 4.03. The van der Waals surface area contributed by atoms with Crippen LogP contribution in [0.5, 0.6) is 0 Å². The molecular formula is C8H10ClN7. The summed E-state index contributed by atoms with van der Waals surface area (Å²) in [5.74, 6) is 7.29. The van der Waals surface area contributed by atoms with Gasteiger partial charge in [-0.3, -0.25) is 5.43 Å². The molecular weight excluding hydrogens is 230 g/mol. The number of aryl methyl sites for hydroxylation is 2. The van der Waals surface area contributed by atoms with E-state index in [2.05, 4.69) is 25.5 Å². The molecule has 8 heteroatoms. The summed E-state index contributed by atoms with van der Waals surface area (Å²) in [6.07, 6.45) is 1.45. The van der Waals surface area contributed by atoms with Crippen molar-refractivity contribution in [3.63, 3.8) is 0 Å². The number of nitrogen functional groups attached to an aromatic ring is 1. The standard InChI is InChI=1S/C8H10ClN7/c1-4-12-5(2)16(15-4)7-6(9)3-11-8(13-7)14-10/h3H,10H2,1-2H3,(H,11,13,14). The SMILES string of the molecule is Cc1nc(C)n(-c2nc(NN)ncc2Cl)n1. The monoisotopic (exact) mass is 239 g/mol. The minimum Gasteiger partial charge on any atom is -0.292 e. The van der Waals surface area contributed by atoms with E-state index in [9.17, 15) is 0 Å². The second-order valence-corrected chi connectivity index (χ2v) is 3.53. The summed E-state index contributed by atoms with van der Waals surface area (Å²) in [6.45, 7) is 3.61. The lowest BCUT2D eigenvalue weighted by Crippen LogP contribution is -2.13. The van der Waals surface area contributed by atoms with Crippen LogP contribution in [0.25, 0.3) is 5.82 Å². The van der Waals surface area contributed by atoms with Crippen LogP contribution in [0.3, 0.4) is 0 Å². The zero-order valence-electron chi connectivity index (χ0n) is 8.77. The summed E-state index contributed by atoms with van der Waals surface area (Å²) in [5, 5.41) is 4.56. The van der Waals surface area contributed by atoms with Gasteiger partial charge in [0.15, 0.2) is 5.82 Å². The fourth-order valence-corrected chi connectivity index (χ4v) is 1.47. The molecule has 2 rings (SSSR count). The van der Waals surface area contributed by atoms with Crippen molar-refractivity contribution in [2.24, 2.45) is 5.84 Å². The summed E-state index contributed by atoms with van der Waals surface area (Å²) in [6, 6.07) is 0. The van der Waals surface area contributed by atoms with E-state index in [4.69, 9.17) is 17.4 Å². The molecule has 0 aromatic carbocycles. The fraction of sp³-hybridized carbons (Fsp3) is 0.250. The Balaban J connectivity index is 2.58. The van der Waals surface area contributed by atoms with Crippen LogP contribution < -0.4 is 11.3 Å². The maximum atomic E-state index is 5.99. The number of nitrogens with one attached hydrogen (secondary N) is 1. The Morgan fingerprint density at radius 2 is 2.12 bits per heavy atom. The number of nitrogens with zero attached hydrogens (tertiary/aromatic N) is 5. The number of rotatable bonds is 2. The lowest BCUT2D eigenvalue weighted by molar-refractivity contribution is 0.799. The van der Waals surface area contributed by atoms with Gasteiger partial charge in [0.25, 0.3) is 0 Å². The van der Waals surface area contributed by atoms with Crippen LogP contribution in [-0.4, -0.2) is 24.7 Å². The number of aromatic nitrogens is 5. The predicted octanol–water partition coefficient (Wildman–Crippen LogP) is 0.613. The van der Waals surface area contributed by atoms with Gasteiger partial charge in [-0.15, -0.1) is 5.10 Å². The molecule has 84 valence electrons. The van der Waals surface area contributed by atoms with Crippen molar-refractivity contribution in [1.29, 1.82) is 0 Å². The molecule has 0 atom stereocenters. The third kappa shape index (κ3) is 1.82. The van der Waals surface area contributed by atoms with E-state index >= 15 is 0 Å². The first-order valence-corrected chi connectivity index (χ1v) is 4.89. The molecule has 0 aliphatic heterocycles. The first-order valence-electron chi connectivity index (χ1n) is 4.51. The summed E-state index contributed by atoms with van der Waals surface area (Å²) in [5.41, 5.74) is 2.35. The molecule has 3 N–H and O–H groups in total. The highest BCUT2D eigenvalue weighted by Crippen LogP contribution is 2.18. The molecule has 0 bridgehead atoms. The van der Waals surface area contributed by atoms with E-state index in [1.165, 1.54) is 6.20 Å². The van der Waals surface area contributed by atoms with Gasteiger partial charge < -0.3 is 0 Å². The van der Waals surface area contributed by atoms with Gasteiger partial charge in [-0.25, -0.2) is 15.8 Å². The normalized spacial score (nSPS) is 10.5. The van der Waals surface area contributed by atoms with Crippen LogP contribution in [0, 0.1) is 13.8 Å². The second-order valence-electron chi connectivity index (χ2n) is 3.13. The Bertz CT molecular complexity index is 521. The molecule has 2 aromatic heterocycles. The van der Waals surface area contributed by atoms with Gasteiger partial charge in [0.05, 0.1) is 6.20 Å². The van der Waals surface area contributed by atoms with Crippen molar-refractivity contribution >= 4 is 17.5 Å². The maximum Gasteiger partial charge on any atom is 0.239 e. The van der Waals surface area contributed by atoms with Crippen LogP contribution in [0.15, 0.2) is 6.20 Å². The van der Waals surface area contributed by atoms with Gasteiger partial charge in [0.2, 0.25) is 5.95 Å². The first kappa shape index (κ1) is 10.8. The number of halogens is 1. The van der Waals surface area contributed by atoms with Crippen molar-refractivity contribution < 1.29 is 0 Å². The smallest absolute Gasteiger partial charge is 0.239 e. The maximum absolute atomic E-state index is 5.99. The molecule has 16 heavy (non-hydrogen) atoms. The molecule has 2 aromatic rings. The number of hydrazine groups is 1. The van der Waals surface area contributed by atoms with Crippen molar-refractivity contribution in [1.82, 2.24) is 24.7 Å². The van der Waals surface area contributed by atoms with Crippen LogP contribution >= 0.6 is 11.6 Å². The Hall–Kier alpha value is -1.73. The van der Waals surface area contributed by atoms with Gasteiger partial charge in [-0.2, -0.15) is 9.67 Å². The summed E-state index contributed by atoms with van der Waals surface area (Å²) in [7, 11) is 0. The van der Waals surface area contributed by atoms with Crippen molar-refractivity contribution in [2.75, 3.05) is 5.43 Å². The Morgan fingerprint density at radius 1 is 1.38 bits per heavy atom. The largest absolute Gasteiger partial charge is 0.292 e. The molecule has 7 nitrogen and oxygen atoms in total. The molecule has 0 saturated carbocycles. The van der Waals surface area contributed by atoms with Gasteiger partial charge >= 0.3 is 0 Å². The van der Waals surface area contributed by atoms with Crippen molar-refractivity contribution in [2.45, 2.75) is 13.8 Å². The average molecular weight is 240 g/mol. The minimum absolute atomic E-state index is 0.270. The van der Waals surface area contributed by atoms with E-state index in [1.54, 1.807) is 11.6 Å². The molecule has 0 spiro atoms. The quantitative estimate of drug-likeness (QED) is 0.589. The zero-order valence-corrected chi connectivity index (χ0v) is 9.52. The number of anilines is 1. The molecule has 0 aliphatic rings. The van der Waals surface area contributed by atoms with E-state index in [0.717, 1.165) is 0 Å². The lowest BCUT2D eigenvalue weighted by Gasteiger charge is -2.05. The summed E-state index contributed by atoms with van der Waals surface area (Å²) >= 11 is 5.99. The number of nitrogens with two attached hydrogens (primary N) is 1. The van der Waals surface area contributed by atoms with Gasteiger partial charge in [-0.1, -0.05) is 11.6 Å². The van der Waals surface area contributed by atoms with Gasteiger partial charge in [0, 0.05) is 0 Å². The molecule has 0 amide bonds. The Kier molecular flexibility index (Phi) is 2.71. The Morgan fingerprint density at radius 3 is 2.69 bits per heavy atom. The van der Waals surface area contributed by atoms with Gasteiger partial charge in [0.1, 0.15) is 16.7 Å². The third-order valence-corrected chi connectivity index (χ3v) is 2.20. The van der Waals surface area contributed by atoms with E-state index in [0.29, 0.717) is 22.5 Å². The zero-order chi connectivity index (χ0) is 11.7. The predicted molar refractivity (Wildman–Crippen MR) is 59.2 cm³/mol. The third-order valence-electron chi connectivity index (χ3n) is 1.93. The molecule has 2 heterocycles. The van der Waals surface area contributed by atoms with Crippen molar-refractivity contribution in [3.8, 4) is 5.82 Å². The minimum atomic E-state index is 0.270. The molecule has 0 fully saturated rings. The van der Waals surface area contributed by atoms with Crippen LogP contribution in [0.1, 0.15) is 11.6 Å². The van der Waals surface area contributed by atoms with Gasteiger partial charge in [-0.05, 0) is 13.8 Å². The fourth-order valence-electron chi connectivity index (χ4n) is 1.30. The molecule has 0 radical (unpaired) electrons. The van der Waals surface area contributed by atoms with E-state index in [-0.39, 0.29) is 5.95 Å². The van der Waals surface area contributed by atoms with Crippen LogP contribution in [-0.2, 0) is 0 Å². The highest BCUT2D eigenvalue weighted by molar-refractivity contribution is 6.32. The first-order chi connectivity index (χ1) is 7.61. The lowest BCUT2D eigenvalue weighted by atomic mass is 10.5. The van der Waals surface area contributed by atoms with Crippen LogP contribution in [0.4, 0.5) is 5.95 Å². The Labute approximate surface area is 96.6 Å². The molecule has 0 saturated heterocycles. The molecule has 0 aliphatic carbocycles. The van der Waals surface area contributed by atoms with Crippen molar-refractivity contribution in [3.05, 3.63) is 22.9 Å². The number of hydrogen-bond acceptors (Lipinski definition) is 6. The summed E-state index contributed by atoms with van der Waals surface area (Å²) < 4.78 is 1.54. The highest BCUT2D eigenvalue weighted by Gasteiger charge is 2.11.